The molecule has 0 bridgehead atoms. The van der Waals surface area contributed by atoms with Crippen LogP contribution >= 0.6 is 0 Å². The molecule has 5 heterocycles. The van der Waals surface area contributed by atoms with E-state index in [0.717, 1.165) is 77.3 Å². The van der Waals surface area contributed by atoms with E-state index in [0.29, 0.717) is 65.8 Å². The van der Waals surface area contributed by atoms with E-state index in [4.69, 9.17) is 33.2 Å². The molecule has 106 heavy (non-hydrogen) atoms. The summed E-state index contributed by atoms with van der Waals surface area (Å²) in [5.74, 6) is -1.61. The lowest BCUT2D eigenvalue weighted by Gasteiger charge is -2.34. The zero-order valence-electron chi connectivity index (χ0n) is 63.1. The quantitative estimate of drug-likeness (QED) is 0.0343. The molecule has 0 unspecified atom stereocenters. The number of carbonyl (C=O) groups excluding carboxylic acids is 7. The first kappa shape index (κ1) is 75.9. The molecule has 0 saturated carbocycles. The van der Waals surface area contributed by atoms with E-state index >= 15 is 4.79 Å². The van der Waals surface area contributed by atoms with Gasteiger partial charge in [-0.3, -0.25) is 43.5 Å². The van der Waals surface area contributed by atoms with Crippen LogP contribution in [0.5, 0.6) is 23.0 Å². The zero-order chi connectivity index (χ0) is 75.5. The summed E-state index contributed by atoms with van der Waals surface area (Å²) in [5, 5.41) is 5.69. The molecule has 0 aromatic heterocycles. The molecule has 0 radical (unpaired) electrons. The third-order valence-corrected chi connectivity index (χ3v) is 23.9. The number of ether oxygens (including phenoxy) is 7. The van der Waals surface area contributed by atoms with Crippen molar-refractivity contribution >= 4 is 91.6 Å². The fourth-order valence-corrected chi connectivity index (χ4v) is 15.8. The van der Waals surface area contributed by atoms with Crippen LogP contribution in [0.2, 0.25) is 51.4 Å². The van der Waals surface area contributed by atoms with Crippen LogP contribution in [-0.4, -0.2) is 196 Å². The average Bonchev–Trinajstić information content (AvgIpc) is 1.60. The van der Waals surface area contributed by atoms with Crippen molar-refractivity contribution in [2.75, 3.05) is 114 Å². The first-order valence-electron chi connectivity index (χ1n) is 36.6. The number of carbonyl (C=O) groups is 7. The van der Waals surface area contributed by atoms with E-state index in [1.807, 2.05) is 68.6 Å². The van der Waals surface area contributed by atoms with E-state index < -0.39 is 70.2 Å². The van der Waals surface area contributed by atoms with Gasteiger partial charge in [0.25, 0.3) is 23.6 Å². The molecule has 4 atom stereocenters. The number of nitrogens with zero attached hydrogens (tertiary/aromatic N) is 7. The molecule has 6 aliphatic rings. The Morgan fingerprint density at radius 1 is 0.566 bits per heavy atom. The summed E-state index contributed by atoms with van der Waals surface area (Å²) in [7, 11) is 3.59. The van der Waals surface area contributed by atoms with Crippen molar-refractivity contribution in [3.8, 4) is 34.1 Å². The van der Waals surface area contributed by atoms with Crippen molar-refractivity contribution in [1.82, 2.24) is 24.9 Å². The lowest BCUT2D eigenvalue weighted by Crippen LogP contribution is -2.54. The van der Waals surface area contributed by atoms with Gasteiger partial charge in [-0.1, -0.05) is 126 Å². The normalized spacial score (nSPS) is 17.8. The summed E-state index contributed by atoms with van der Waals surface area (Å²) in [6, 6.07) is 35.5. The minimum Gasteiger partial charge on any atom is -0.493 e. The van der Waals surface area contributed by atoms with Gasteiger partial charge in [0.2, 0.25) is 11.8 Å². The molecule has 5 aliphatic heterocycles. The molecule has 23 nitrogen and oxygen atoms in total. The molecule has 1 fully saturated rings. The molecule has 0 spiro atoms. The Labute approximate surface area is 623 Å². The van der Waals surface area contributed by atoms with Crippen LogP contribution in [0.4, 0.5) is 27.5 Å². The first-order chi connectivity index (χ1) is 50.7. The third-order valence-electron chi connectivity index (χ3n) is 20.5. The van der Waals surface area contributed by atoms with Crippen LogP contribution in [0.15, 0.2) is 134 Å². The molecule has 6 aromatic carbocycles. The number of fused-ring (bicyclic) bond motifs is 7. The van der Waals surface area contributed by atoms with E-state index in [9.17, 15) is 28.8 Å². The minimum absolute atomic E-state index is 0.0662. The molecular formula is C81H99N9O14Si2. The highest BCUT2D eigenvalue weighted by atomic mass is 28.3. The fourth-order valence-electron chi connectivity index (χ4n) is 14.3. The van der Waals surface area contributed by atoms with Crippen LogP contribution in [0.3, 0.4) is 0 Å². The first-order valence-corrected chi connectivity index (χ1v) is 44.0. The van der Waals surface area contributed by atoms with Crippen LogP contribution in [0.25, 0.3) is 22.3 Å². The van der Waals surface area contributed by atoms with Gasteiger partial charge in [-0.25, -0.2) is 4.79 Å². The predicted molar refractivity (Wildman–Crippen MR) is 415 cm³/mol. The van der Waals surface area contributed by atoms with Gasteiger partial charge in [0.05, 0.1) is 49.9 Å². The Kier molecular flexibility index (Phi) is 23.0. The maximum atomic E-state index is 15.1. The summed E-state index contributed by atoms with van der Waals surface area (Å²) in [6.07, 6.45) is 3.01. The maximum absolute atomic E-state index is 15.1. The highest BCUT2D eigenvalue weighted by Crippen LogP contribution is 2.47. The highest BCUT2D eigenvalue weighted by Gasteiger charge is 2.46. The smallest absolute Gasteiger partial charge is 0.411 e. The molecule has 1 aliphatic carbocycles. The van der Waals surface area contributed by atoms with Crippen LogP contribution < -0.4 is 44.3 Å². The zero-order valence-corrected chi connectivity index (χ0v) is 65.1. The molecule has 6 aromatic rings. The fraction of sp³-hybridized carbons (Fsp3) is 0.420. The number of benzene rings is 6. The topological polar surface area (TPSA) is 231 Å². The number of hydrogen-bond acceptors (Lipinski definition) is 16. The van der Waals surface area contributed by atoms with Crippen molar-refractivity contribution in [1.29, 1.82) is 0 Å². The molecule has 7 amide bonds. The predicted octanol–water partition coefficient (Wildman–Crippen LogP) is 12.4. The average molecular weight is 1480 g/mol. The van der Waals surface area contributed by atoms with E-state index in [1.165, 1.54) is 36.0 Å². The van der Waals surface area contributed by atoms with Gasteiger partial charge >= 0.3 is 6.09 Å². The van der Waals surface area contributed by atoms with E-state index in [-0.39, 0.29) is 79.4 Å². The molecular weight excluding hydrogens is 1380 g/mol. The largest absolute Gasteiger partial charge is 0.493 e. The molecule has 25 heteroatoms. The second-order valence-corrected chi connectivity index (χ2v) is 42.1. The van der Waals surface area contributed by atoms with Gasteiger partial charge in [-0.15, -0.1) is 0 Å². The monoisotopic (exact) mass is 1480 g/mol. The number of piperazine rings is 1. The summed E-state index contributed by atoms with van der Waals surface area (Å²) in [5.41, 5.74) is 9.65. The number of rotatable bonds is 28. The number of nitrogens with one attached hydrogen (secondary N) is 2. The lowest BCUT2D eigenvalue weighted by atomic mass is 10.0. The second kappa shape index (κ2) is 32.1. The van der Waals surface area contributed by atoms with Gasteiger partial charge in [0, 0.05) is 129 Å². The molecule has 1 saturated heterocycles. The Hall–Kier alpha value is -9.80. The van der Waals surface area contributed by atoms with Gasteiger partial charge in [-0.05, 0) is 102 Å². The molecule has 2 N–H and O–H groups in total. The van der Waals surface area contributed by atoms with E-state index in [2.05, 4.69) is 91.0 Å². The Morgan fingerprint density at radius 2 is 1.03 bits per heavy atom. The molecule has 12 rings (SSSR count). The van der Waals surface area contributed by atoms with Crippen LogP contribution in [0, 0.1) is 5.92 Å². The standard InChI is InChI=1S/C81H99N9O14Si2/c1-51(2)73(85(5)81(97)104-74-61-21-16-14-19-59(61)60-20-15-17-22-62(60)74)76(92)82-52(3)75(91)83-57-27-23-53(24-28-57)55-41-67-79(95)89(49-100-37-39-105(8,9)10)65-45-71(69(98-6)43-63(65)77(93)87(67)47-55)102-35-18-36-103-72-46-66-64(44-70(72)99-7)78(94)88-48-56(42-68(88)80(96)90(66)50-101-38-40-106(11,12)13)54-25-29-58(30-26-54)86-33-31-84(4)32-34-86/h14-17,19-30,43-48,51-52,67-68,73-74H,18,31-42,49-50H2,1-13H3,(H,82,92)(H,83,91)/t52-,67-,68-,73-/m0/s1. The summed E-state index contributed by atoms with van der Waals surface area (Å²) < 4.78 is 43.3. The second-order valence-electron chi connectivity index (χ2n) is 30.9. The van der Waals surface area contributed by atoms with Crippen molar-refractivity contribution < 1.29 is 66.7 Å². The number of amides is 7. The summed E-state index contributed by atoms with van der Waals surface area (Å²) in [6.45, 7) is 23.5. The Bertz CT molecular complexity index is 4330. The number of hydrogen-bond donors (Lipinski definition) is 2. The lowest BCUT2D eigenvalue weighted by molar-refractivity contribution is -0.130. The van der Waals surface area contributed by atoms with Gasteiger partial charge in [0.1, 0.15) is 37.6 Å². The van der Waals surface area contributed by atoms with Crippen LogP contribution in [-0.2, 0) is 33.4 Å². The summed E-state index contributed by atoms with van der Waals surface area (Å²) >= 11 is 0. The van der Waals surface area contributed by atoms with Gasteiger partial charge in [-0.2, -0.15) is 0 Å². The minimum atomic E-state index is -1.55. The number of methoxy groups -OCH3 is 2. The van der Waals surface area contributed by atoms with Gasteiger partial charge < -0.3 is 63.4 Å². The van der Waals surface area contributed by atoms with Crippen LogP contribution in [0.1, 0.15) is 89.1 Å². The van der Waals surface area contributed by atoms with Crippen molar-refractivity contribution in [2.45, 2.75) is 122 Å². The SMILES string of the molecule is COc1cc2c(cc1OCCCOc1cc3c(cc1OC)C(=O)N1C=C(c4ccc(N5CCN(C)CC5)cc4)C[C@H]1C(=O)N3COCC[Si](C)(C)C)N(COCC[Si](C)(C)C)C(=O)[C@@H]1CC(c3ccc(NC(=O)[C@H](C)NC(=O)[C@H](C(C)C)N(C)C(=O)OC4c5ccccc5-c5ccccc54)cc3)=CN1C2=O. The summed E-state index contributed by atoms with van der Waals surface area (Å²) in [4.78, 5) is 113. The molecule has 560 valence electrons. The number of likely N-dealkylation sites (N-methyl/N-ethyl adjacent to an activating group) is 2. The highest BCUT2D eigenvalue weighted by molar-refractivity contribution is 6.76. The van der Waals surface area contributed by atoms with Gasteiger partial charge in [0.15, 0.2) is 29.1 Å². The number of anilines is 4. The van der Waals surface area contributed by atoms with Crippen molar-refractivity contribution in [3.63, 3.8) is 0 Å². The Balaban J connectivity index is 0.705. The van der Waals surface area contributed by atoms with Crippen molar-refractivity contribution in [3.05, 3.63) is 167 Å². The Morgan fingerprint density at radius 3 is 1.48 bits per heavy atom. The third kappa shape index (κ3) is 16.6. The maximum Gasteiger partial charge on any atom is 0.411 e. The van der Waals surface area contributed by atoms with Crippen molar-refractivity contribution in [2.24, 2.45) is 5.92 Å². The van der Waals surface area contributed by atoms with E-state index in [1.54, 1.807) is 71.5 Å².